The lowest BCUT2D eigenvalue weighted by molar-refractivity contribution is -0.128. The van der Waals surface area contributed by atoms with Crippen molar-refractivity contribution in [2.45, 2.75) is 32.5 Å². The minimum Gasteiger partial charge on any atom is -0.479 e. The van der Waals surface area contributed by atoms with Gasteiger partial charge in [-0.05, 0) is 29.7 Å². The number of nitrogens with one attached hydrogen (secondary N) is 1. The molecule has 0 aliphatic carbocycles. The lowest BCUT2D eigenvalue weighted by Gasteiger charge is -2.26. The second-order valence-corrected chi connectivity index (χ2v) is 7.28. The van der Waals surface area contributed by atoms with Gasteiger partial charge in [0.1, 0.15) is 5.75 Å². The first kappa shape index (κ1) is 20.6. The highest BCUT2D eigenvalue weighted by Gasteiger charge is 2.19. The predicted octanol–water partition coefficient (Wildman–Crippen LogP) is 3.65. The second kappa shape index (κ2) is 10.5. The summed E-state index contributed by atoms with van der Waals surface area (Å²) >= 11 is 6.13. The molecule has 2 aromatic carbocycles. The fraction of sp³-hybridized carbons (Fsp3) is 0.409. The third-order valence-electron chi connectivity index (χ3n) is 4.74. The third kappa shape index (κ3) is 5.96. The number of benzene rings is 2. The number of hydrogen-bond donors (Lipinski definition) is 1. The Hall–Kier alpha value is -2.08. The van der Waals surface area contributed by atoms with Crippen LogP contribution in [0.4, 0.5) is 0 Å². The van der Waals surface area contributed by atoms with E-state index in [1.54, 1.807) is 12.1 Å². The van der Waals surface area contributed by atoms with Crippen LogP contribution in [0.25, 0.3) is 0 Å². The molecule has 3 rings (SSSR count). The van der Waals surface area contributed by atoms with Crippen molar-refractivity contribution in [2.24, 2.45) is 0 Å². The van der Waals surface area contributed by atoms with Crippen LogP contribution in [0.2, 0.25) is 5.02 Å². The summed E-state index contributed by atoms with van der Waals surface area (Å²) in [6, 6.07) is 15.5. The molecule has 1 atom stereocenters. The summed E-state index contributed by atoms with van der Waals surface area (Å²) in [6.07, 6.45) is -0.00913. The molecule has 0 saturated carbocycles. The Morgan fingerprint density at radius 1 is 1.18 bits per heavy atom. The third-order valence-corrected chi connectivity index (χ3v) is 5.05. The molecule has 1 aliphatic heterocycles. The molecule has 1 saturated heterocycles. The largest absolute Gasteiger partial charge is 0.479 e. The molecule has 28 heavy (non-hydrogen) atoms. The average Bonchev–Trinajstić information content (AvgIpc) is 2.72. The molecule has 2 aromatic rings. The van der Waals surface area contributed by atoms with Gasteiger partial charge in [0.25, 0.3) is 5.91 Å². The summed E-state index contributed by atoms with van der Waals surface area (Å²) in [5.74, 6) is 0.389. The molecular formula is C22H27ClN2O3. The zero-order chi connectivity index (χ0) is 19.8. The zero-order valence-electron chi connectivity index (χ0n) is 16.2. The number of para-hydroxylation sites is 1. The van der Waals surface area contributed by atoms with E-state index in [0.717, 1.165) is 38.4 Å². The lowest BCUT2D eigenvalue weighted by Crippen LogP contribution is -2.37. The van der Waals surface area contributed by atoms with Gasteiger partial charge in [0.15, 0.2) is 6.10 Å². The van der Waals surface area contributed by atoms with Crippen molar-refractivity contribution >= 4 is 17.5 Å². The molecule has 0 radical (unpaired) electrons. The lowest BCUT2D eigenvalue weighted by atomic mass is 10.1. The molecular weight excluding hydrogens is 376 g/mol. The summed E-state index contributed by atoms with van der Waals surface area (Å²) in [4.78, 5) is 14.9. The summed E-state index contributed by atoms with van der Waals surface area (Å²) in [5.41, 5.74) is 2.32. The van der Waals surface area contributed by atoms with E-state index in [0.29, 0.717) is 23.7 Å². The first-order chi connectivity index (χ1) is 13.7. The number of amides is 1. The van der Waals surface area contributed by atoms with Gasteiger partial charge in [-0.2, -0.15) is 0 Å². The van der Waals surface area contributed by atoms with Crippen LogP contribution in [0.15, 0.2) is 48.5 Å². The molecule has 1 heterocycles. The number of carbonyl (C=O) groups is 1. The normalized spacial score (nSPS) is 15.8. The topological polar surface area (TPSA) is 50.8 Å². The first-order valence-electron chi connectivity index (χ1n) is 9.72. The Bertz CT molecular complexity index is 778. The van der Waals surface area contributed by atoms with Crippen LogP contribution in [0.5, 0.6) is 5.75 Å². The molecule has 1 unspecified atom stereocenters. The molecule has 1 N–H and O–H groups in total. The first-order valence-corrected chi connectivity index (χ1v) is 10.1. The van der Waals surface area contributed by atoms with Gasteiger partial charge in [-0.1, -0.05) is 54.9 Å². The molecule has 5 nitrogen and oxygen atoms in total. The Labute approximate surface area is 171 Å². The van der Waals surface area contributed by atoms with Crippen molar-refractivity contribution in [3.8, 4) is 5.75 Å². The van der Waals surface area contributed by atoms with Crippen LogP contribution in [-0.2, 0) is 22.6 Å². The van der Waals surface area contributed by atoms with Crippen molar-refractivity contribution in [1.82, 2.24) is 10.2 Å². The highest BCUT2D eigenvalue weighted by molar-refractivity contribution is 6.32. The second-order valence-electron chi connectivity index (χ2n) is 6.87. The van der Waals surface area contributed by atoms with Crippen molar-refractivity contribution in [3.63, 3.8) is 0 Å². The van der Waals surface area contributed by atoms with Crippen LogP contribution in [0.3, 0.4) is 0 Å². The summed E-state index contributed by atoms with van der Waals surface area (Å²) in [6.45, 7) is 6.79. The van der Waals surface area contributed by atoms with Gasteiger partial charge in [-0.15, -0.1) is 0 Å². The summed E-state index contributed by atoms with van der Waals surface area (Å²) in [7, 11) is 0. The van der Waals surface area contributed by atoms with E-state index >= 15 is 0 Å². The Kier molecular flexibility index (Phi) is 7.71. The maximum Gasteiger partial charge on any atom is 0.261 e. The predicted molar refractivity (Wildman–Crippen MR) is 111 cm³/mol. The Balaban J connectivity index is 1.54. The van der Waals surface area contributed by atoms with Crippen molar-refractivity contribution < 1.29 is 14.3 Å². The standard InChI is InChI=1S/C22H27ClN2O3/c1-2-20(28-21-9-4-3-8-19(21)23)22(26)24-15-17-6-5-7-18(14-17)16-25-10-12-27-13-11-25/h3-9,14,20H,2,10-13,15-16H2,1H3,(H,24,26). The van der Waals surface area contributed by atoms with Crippen molar-refractivity contribution in [3.05, 3.63) is 64.7 Å². The fourth-order valence-corrected chi connectivity index (χ4v) is 3.35. The van der Waals surface area contributed by atoms with E-state index in [9.17, 15) is 4.79 Å². The molecule has 0 spiro atoms. The number of ether oxygens (including phenoxy) is 2. The molecule has 150 valence electrons. The monoisotopic (exact) mass is 402 g/mol. The van der Waals surface area contributed by atoms with E-state index < -0.39 is 6.10 Å². The Morgan fingerprint density at radius 2 is 1.93 bits per heavy atom. The highest BCUT2D eigenvalue weighted by Crippen LogP contribution is 2.24. The zero-order valence-corrected chi connectivity index (χ0v) is 17.0. The minimum absolute atomic E-state index is 0.138. The molecule has 0 bridgehead atoms. The molecule has 1 aliphatic rings. The van der Waals surface area contributed by atoms with E-state index in [2.05, 4.69) is 22.3 Å². The molecule has 1 fully saturated rings. The van der Waals surface area contributed by atoms with Gasteiger partial charge in [0.05, 0.1) is 18.2 Å². The van der Waals surface area contributed by atoms with Crippen LogP contribution in [0, 0.1) is 0 Å². The SMILES string of the molecule is CCC(Oc1ccccc1Cl)C(=O)NCc1cccc(CN2CCOCC2)c1. The summed E-state index contributed by atoms with van der Waals surface area (Å²) in [5, 5.41) is 3.48. The highest BCUT2D eigenvalue weighted by atomic mass is 35.5. The quantitative estimate of drug-likeness (QED) is 0.732. The van der Waals surface area contributed by atoms with E-state index in [1.807, 2.05) is 31.2 Å². The van der Waals surface area contributed by atoms with Gasteiger partial charge in [0, 0.05) is 26.2 Å². The van der Waals surface area contributed by atoms with Gasteiger partial charge < -0.3 is 14.8 Å². The fourth-order valence-electron chi connectivity index (χ4n) is 3.17. The van der Waals surface area contributed by atoms with Gasteiger partial charge in [0.2, 0.25) is 0 Å². The van der Waals surface area contributed by atoms with Crippen molar-refractivity contribution in [2.75, 3.05) is 26.3 Å². The number of morpholine rings is 1. The maximum absolute atomic E-state index is 12.6. The van der Waals surface area contributed by atoms with Crippen LogP contribution in [-0.4, -0.2) is 43.2 Å². The average molecular weight is 403 g/mol. The maximum atomic E-state index is 12.6. The van der Waals surface area contributed by atoms with Gasteiger partial charge >= 0.3 is 0 Å². The number of hydrogen-bond acceptors (Lipinski definition) is 4. The van der Waals surface area contributed by atoms with E-state index in [4.69, 9.17) is 21.1 Å². The smallest absolute Gasteiger partial charge is 0.261 e. The number of nitrogens with zero attached hydrogens (tertiary/aromatic N) is 1. The number of halogens is 1. The molecule has 6 heteroatoms. The molecule has 1 amide bonds. The van der Waals surface area contributed by atoms with E-state index in [-0.39, 0.29) is 5.91 Å². The van der Waals surface area contributed by atoms with Crippen LogP contribution >= 0.6 is 11.6 Å². The van der Waals surface area contributed by atoms with Gasteiger partial charge in [-0.25, -0.2) is 0 Å². The minimum atomic E-state index is -0.573. The van der Waals surface area contributed by atoms with Gasteiger partial charge in [-0.3, -0.25) is 9.69 Å². The number of rotatable bonds is 8. The summed E-state index contributed by atoms with van der Waals surface area (Å²) < 4.78 is 11.2. The van der Waals surface area contributed by atoms with Crippen LogP contribution in [0.1, 0.15) is 24.5 Å². The Morgan fingerprint density at radius 3 is 2.68 bits per heavy atom. The van der Waals surface area contributed by atoms with Crippen molar-refractivity contribution in [1.29, 1.82) is 0 Å². The number of carbonyl (C=O) groups excluding carboxylic acids is 1. The molecule has 0 aromatic heterocycles. The van der Waals surface area contributed by atoms with E-state index in [1.165, 1.54) is 5.56 Å². The van der Waals surface area contributed by atoms with Crippen LogP contribution < -0.4 is 10.1 Å².